The molecule has 4 nitrogen and oxygen atoms in total. The van der Waals surface area contributed by atoms with Crippen molar-refractivity contribution in [3.63, 3.8) is 0 Å². The van der Waals surface area contributed by atoms with E-state index in [0.717, 1.165) is 29.7 Å². The summed E-state index contributed by atoms with van der Waals surface area (Å²) in [4.78, 5) is 4.47. The molecule has 1 aliphatic rings. The van der Waals surface area contributed by atoms with Crippen LogP contribution in [0.3, 0.4) is 0 Å². The average Bonchev–Trinajstić information content (AvgIpc) is 3.33. The maximum absolute atomic E-state index is 13.1. The van der Waals surface area contributed by atoms with E-state index in [9.17, 15) is 4.39 Å². The molecule has 0 radical (unpaired) electrons. The van der Waals surface area contributed by atoms with E-state index < -0.39 is 0 Å². The van der Waals surface area contributed by atoms with Crippen molar-refractivity contribution in [3.8, 4) is 0 Å². The maximum Gasteiger partial charge on any atom is 0.232 e. The number of aromatic nitrogens is 2. The zero-order valence-electron chi connectivity index (χ0n) is 17.0. The number of halogens is 1. The molecule has 1 aromatic carbocycles. The summed E-state index contributed by atoms with van der Waals surface area (Å²) < 4.78 is 24.6. The van der Waals surface area contributed by atoms with E-state index in [2.05, 4.69) is 22.8 Å². The highest BCUT2D eigenvalue weighted by atomic mass is 19.1. The molecule has 1 aliphatic carbocycles. The third kappa shape index (κ3) is 4.97. The van der Waals surface area contributed by atoms with Gasteiger partial charge in [-0.2, -0.15) is 4.98 Å². The number of hydrogen-bond acceptors (Lipinski definition) is 4. The molecule has 2 aromatic rings. The molecule has 5 heteroatoms. The molecular weight excluding hydrogens is 355 g/mol. The van der Waals surface area contributed by atoms with E-state index in [4.69, 9.17) is 9.26 Å². The van der Waals surface area contributed by atoms with Crippen LogP contribution in [0.15, 0.2) is 58.9 Å². The lowest BCUT2D eigenvalue weighted by molar-refractivity contribution is 0.204. The predicted octanol–water partition coefficient (Wildman–Crippen LogP) is 5.98. The Balaban J connectivity index is 1.82. The molecule has 148 valence electrons. The van der Waals surface area contributed by atoms with Gasteiger partial charge in [-0.25, -0.2) is 4.39 Å². The molecule has 0 bridgehead atoms. The third-order valence-electron chi connectivity index (χ3n) is 4.58. The second-order valence-electron chi connectivity index (χ2n) is 8.14. The van der Waals surface area contributed by atoms with Gasteiger partial charge in [-0.05, 0) is 55.0 Å². The highest BCUT2D eigenvalue weighted by Gasteiger charge is 2.29. The number of nitrogens with zero attached hydrogens (tertiary/aromatic N) is 2. The Morgan fingerprint density at radius 2 is 1.96 bits per heavy atom. The minimum Gasteiger partial charge on any atom is -0.489 e. The van der Waals surface area contributed by atoms with E-state index in [-0.39, 0.29) is 11.2 Å². The van der Waals surface area contributed by atoms with Crippen molar-refractivity contribution in [1.29, 1.82) is 0 Å². The molecule has 1 saturated carbocycles. The Labute approximate surface area is 165 Å². The number of rotatable bonds is 7. The minimum absolute atomic E-state index is 0.223. The van der Waals surface area contributed by atoms with Gasteiger partial charge in [0.2, 0.25) is 11.7 Å². The smallest absolute Gasteiger partial charge is 0.232 e. The zero-order valence-corrected chi connectivity index (χ0v) is 17.0. The molecule has 0 saturated heterocycles. The molecular formula is C23H27FN2O2. The summed E-state index contributed by atoms with van der Waals surface area (Å²) in [5, 5.41) is 4.06. The van der Waals surface area contributed by atoms with Gasteiger partial charge in [-0.3, -0.25) is 0 Å². The first-order valence-corrected chi connectivity index (χ1v) is 9.57. The van der Waals surface area contributed by atoms with Crippen LogP contribution in [-0.2, 0) is 16.8 Å². The van der Waals surface area contributed by atoms with Crippen LogP contribution >= 0.6 is 0 Å². The fraction of sp³-hybridized carbons (Fsp3) is 0.391. The van der Waals surface area contributed by atoms with Crippen LogP contribution in [0.1, 0.15) is 57.8 Å². The standard InChI is InChI=1S/C23H27FN2O2/c1-6-19(17-9-10-17)20(27-14-16-7-11-18(24)12-8-16)13-15(2)21-25-22(28-26-21)23(3,4)5/h6-8,11-13,17H,2,9-10,14H2,1,3-5H3/b19-6-,20-13+. The zero-order chi connectivity index (χ0) is 20.3. The van der Waals surface area contributed by atoms with Gasteiger partial charge in [-0.1, -0.05) is 50.7 Å². The minimum atomic E-state index is -0.258. The Kier molecular flexibility index (Phi) is 5.82. The lowest BCUT2D eigenvalue weighted by atomic mass is 9.97. The number of hydrogen-bond donors (Lipinski definition) is 0. The second kappa shape index (κ2) is 8.13. The maximum atomic E-state index is 13.1. The summed E-state index contributed by atoms with van der Waals surface area (Å²) >= 11 is 0. The average molecular weight is 382 g/mol. The first kappa shape index (κ1) is 20.1. The summed E-state index contributed by atoms with van der Waals surface area (Å²) in [5.74, 6) is 2.03. The van der Waals surface area contributed by atoms with Gasteiger partial charge >= 0.3 is 0 Å². The summed E-state index contributed by atoms with van der Waals surface area (Å²) in [7, 11) is 0. The highest BCUT2D eigenvalue weighted by molar-refractivity contribution is 5.68. The predicted molar refractivity (Wildman–Crippen MR) is 108 cm³/mol. The van der Waals surface area contributed by atoms with Crippen molar-refractivity contribution in [2.45, 2.75) is 52.6 Å². The highest BCUT2D eigenvalue weighted by Crippen LogP contribution is 2.41. The summed E-state index contributed by atoms with van der Waals surface area (Å²) in [6, 6.07) is 6.32. The van der Waals surface area contributed by atoms with Crippen molar-refractivity contribution in [3.05, 3.63) is 77.4 Å². The molecule has 0 atom stereocenters. The molecule has 0 spiro atoms. The molecule has 1 fully saturated rings. The Bertz CT molecular complexity index is 897. The number of benzene rings is 1. The van der Waals surface area contributed by atoms with Crippen LogP contribution in [-0.4, -0.2) is 10.1 Å². The summed E-state index contributed by atoms with van der Waals surface area (Å²) in [6.45, 7) is 12.5. The van der Waals surface area contributed by atoms with Gasteiger partial charge in [-0.15, -0.1) is 0 Å². The van der Waals surface area contributed by atoms with E-state index in [0.29, 0.717) is 29.8 Å². The van der Waals surface area contributed by atoms with Gasteiger partial charge in [0, 0.05) is 11.0 Å². The normalized spacial score (nSPS) is 15.6. The van der Waals surface area contributed by atoms with Crippen LogP contribution in [0.25, 0.3) is 5.57 Å². The van der Waals surface area contributed by atoms with Gasteiger partial charge in [0.05, 0.1) is 0 Å². The quantitative estimate of drug-likeness (QED) is 0.437. The second-order valence-corrected chi connectivity index (χ2v) is 8.14. The monoisotopic (exact) mass is 382 g/mol. The summed E-state index contributed by atoms with van der Waals surface area (Å²) in [5.41, 5.74) is 2.47. The fourth-order valence-electron chi connectivity index (χ4n) is 2.80. The molecule has 0 amide bonds. The van der Waals surface area contributed by atoms with Crippen LogP contribution in [0, 0.1) is 11.7 Å². The lowest BCUT2D eigenvalue weighted by Gasteiger charge is -2.14. The van der Waals surface area contributed by atoms with Crippen molar-refractivity contribution in [2.24, 2.45) is 5.92 Å². The first-order valence-electron chi connectivity index (χ1n) is 9.57. The third-order valence-corrected chi connectivity index (χ3v) is 4.58. The van der Waals surface area contributed by atoms with E-state index in [1.165, 1.54) is 12.1 Å². The Morgan fingerprint density at radius 1 is 1.29 bits per heavy atom. The summed E-state index contributed by atoms with van der Waals surface area (Å²) in [6.07, 6.45) is 6.26. The van der Waals surface area contributed by atoms with Crippen molar-refractivity contribution < 1.29 is 13.7 Å². The van der Waals surface area contributed by atoms with Crippen molar-refractivity contribution >= 4 is 5.57 Å². The molecule has 28 heavy (non-hydrogen) atoms. The van der Waals surface area contributed by atoms with Gasteiger partial charge in [0.15, 0.2) is 0 Å². The topological polar surface area (TPSA) is 48.2 Å². The SMILES string of the molecule is C=C(/C=C(OCc1ccc(F)cc1)\C(=C/C)C1CC1)c1noc(C(C)(C)C)n1. The van der Waals surface area contributed by atoms with E-state index >= 15 is 0 Å². The molecule has 1 heterocycles. The van der Waals surface area contributed by atoms with Gasteiger partial charge in [0.1, 0.15) is 18.2 Å². The number of allylic oxidation sites excluding steroid dienone is 4. The van der Waals surface area contributed by atoms with Crippen molar-refractivity contribution in [2.75, 3.05) is 0 Å². The van der Waals surface area contributed by atoms with Gasteiger partial charge in [0.25, 0.3) is 0 Å². The molecule has 1 aromatic heterocycles. The lowest BCUT2D eigenvalue weighted by Crippen LogP contribution is -2.11. The first-order chi connectivity index (χ1) is 13.3. The molecule has 0 unspecified atom stereocenters. The Morgan fingerprint density at radius 3 is 2.50 bits per heavy atom. The van der Waals surface area contributed by atoms with Crippen molar-refractivity contribution in [1.82, 2.24) is 10.1 Å². The Hall–Kier alpha value is -2.69. The van der Waals surface area contributed by atoms with Crippen LogP contribution in [0.5, 0.6) is 0 Å². The van der Waals surface area contributed by atoms with Gasteiger partial charge < -0.3 is 9.26 Å². The molecule has 0 N–H and O–H groups in total. The molecule has 0 aliphatic heterocycles. The van der Waals surface area contributed by atoms with E-state index in [1.54, 1.807) is 12.1 Å². The largest absolute Gasteiger partial charge is 0.489 e. The van der Waals surface area contributed by atoms with Crippen LogP contribution in [0.2, 0.25) is 0 Å². The van der Waals surface area contributed by atoms with E-state index in [1.807, 2.05) is 33.8 Å². The number of ether oxygens (including phenoxy) is 1. The van der Waals surface area contributed by atoms with Crippen LogP contribution < -0.4 is 0 Å². The fourth-order valence-corrected chi connectivity index (χ4v) is 2.80. The van der Waals surface area contributed by atoms with Crippen LogP contribution in [0.4, 0.5) is 4.39 Å². The molecule has 3 rings (SSSR count).